The molecule has 0 aromatic rings. The molecular weight excluding hydrogens is 609 g/mol. The standard InChI is InChI=1S/C31H62BN7O8/c1-6-8-9-10-11-12-13-14-19-34-20-17-26(41)37-25(16-18-33)30(44)39-27(22(4)40)31(45)35-21(3)28(42)38-24(15-7-2)29(43)36-23(5)32(46)47/h21-25,27,34,40,46-47H,6-20,33H2,1-5H3,(H,35,45)(H,36,43)(H,37,41)(H,38,42)(H,39,44). The first-order valence-electron chi connectivity index (χ1n) is 17.2. The van der Waals surface area contributed by atoms with Crippen LogP contribution >= 0.6 is 0 Å². The first-order valence-corrected chi connectivity index (χ1v) is 17.2. The maximum Gasteiger partial charge on any atom is 0.475 e. The van der Waals surface area contributed by atoms with Crippen molar-refractivity contribution in [2.75, 3.05) is 19.6 Å². The van der Waals surface area contributed by atoms with Gasteiger partial charge in [-0.3, -0.25) is 24.0 Å². The Hall–Kier alpha value is -2.79. The fraction of sp³-hybridized carbons (Fsp3) is 0.839. The van der Waals surface area contributed by atoms with Gasteiger partial charge in [0, 0.05) is 13.0 Å². The van der Waals surface area contributed by atoms with Gasteiger partial charge in [0.25, 0.3) is 0 Å². The predicted octanol–water partition coefficient (Wildman–Crippen LogP) is -0.888. The van der Waals surface area contributed by atoms with Crippen molar-refractivity contribution in [3.8, 4) is 0 Å². The van der Waals surface area contributed by atoms with Crippen LogP contribution < -0.4 is 37.6 Å². The molecule has 47 heavy (non-hydrogen) atoms. The molecule has 15 nitrogen and oxygen atoms in total. The lowest BCUT2D eigenvalue weighted by molar-refractivity contribution is -0.136. The molecule has 0 aromatic heterocycles. The number of carbonyl (C=O) groups excluding carboxylic acids is 5. The monoisotopic (exact) mass is 671 g/mol. The zero-order chi connectivity index (χ0) is 35.8. The van der Waals surface area contributed by atoms with Crippen molar-refractivity contribution in [1.29, 1.82) is 0 Å². The Morgan fingerprint density at radius 2 is 1.23 bits per heavy atom. The Balaban J connectivity index is 4.92. The summed E-state index contributed by atoms with van der Waals surface area (Å²) in [5, 5.41) is 44.4. The number of nitrogens with two attached hydrogens (primary N) is 1. The Morgan fingerprint density at radius 3 is 1.79 bits per heavy atom. The van der Waals surface area contributed by atoms with Crippen LogP contribution in [0.4, 0.5) is 0 Å². The molecular formula is C31H62BN7O8. The number of aliphatic hydroxyl groups is 1. The van der Waals surface area contributed by atoms with Gasteiger partial charge in [-0.15, -0.1) is 0 Å². The molecule has 0 aromatic carbocycles. The number of carbonyl (C=O) groups is 5. The second kappa shape index (κ2) is 26.2. The minimum absolute atomic E-state index is 0.0837. The van der Waals surface area contributed by atoms with Gasteiger partial charge in [0.1, 0.15) is 24.2 Å². The van der Waals surface area contributed by atoms with Crippen molar-refractivity contribution in [2.45, 2.75) is 148 Å². The van der Waals surface area contributed by atoms with Crippen LogP contribution in [0, 0.1) is 0 Å². The van der Waals surface area contributed by atoms with Crippen LogP contribution in [0.2, 0.25) is 0 Å². The van der Waals surface area contributed by atoms with E-state index >= 15 is 0 Å². The van der Waals surface area contributed by atoms with Gasteiger partial charge < -0.3 is 52.8 Å². The zero-order valence-electron chi connectivity index (χ0n) is 29.1. The van der Waals surface area contributed by atoms with Gasteiger partial charge in [-0.25, -0.2) is 0 Å². The molecule has 0 rings (SSSR count). The van der Waals surface area contributed by atoms with Gasteiger partial charge in [0.2, 0.25) is 29.5 Å². The maximum atomic E-state index is 13.0. The molecule has 0 fully saturated rings. The molecule has 0 saturated heterocycles. The van der Waals surface area contributed by atoms with Gasteiger partial charge in [0.15, 0.2) is 0 Å². The number of amides is 5. The van der Waals surface area contributed by atoms with Crippen molar-refractivity contribution in [2.24, 2.45) is 5.73 Å². The third-order valence-electron chi connectivity index (χ3n) is 7.69. The fourth-order valence-electron chi connectivity index (χ4n) is 4.69. The summed E-state index contributed by atoms with van der Waals surface area (Å²) in [6.45, 7) is 9.39. The highest BCUT2D eigenvalue weighted by Gasteiger charge is 2.32. The number of hydrogen-bond donors (Lipinski definition) is 10. The molecule has 0 radical (unpaired) electrons. The third-order valence-corrected chi connectivity index (χ3v) is 7.69. The van der Waals surface area contributed by atoms with E-state index in [2.05, 4.69) is 38.8 Å². The molecule has 11 N–H and O–H groups in total. The fourth-order valence-corrected chi connectivity index (χ4v) is 4.69. The van der Waals surface area contributed by atoms with Gasteiger partial charge >= 0.3 is 7.12 Å². The van der Waals surface area contributed by atoms with Crippen molar-refractivity contribution in [1.82, 2.24) is 31.9 Å². The van der Waals surface area contributed by atoms with E-state index in [1.165, 1.54) is 59.3 Å². The van der Waals surface area contributed by atoms with Crippen molar-refractivity contribution in [3.63, 3.8) is 0 Å². The summed E-state index contributed by atoms with van der Waals surface area (Å²) in [6, 6.07) is -4.65. The predicted molar refractivity (Wildman–Crippen MR) is 182 cm³/mol. The summed E-state index contributed by atoms with van der Waals surface area (Å²) >= 11 is 0. The van der Waals surface area contributed by atoms with Crippen molar-refractivity contribution in [3.05, 3.63) is 0 Å². The normalized spacial score (nSPS) is 14.9. The lowest BCUT2D eigenvalue weighted by atomic mass is 9.81. The summed E-state index contributed by atoms with van der Waals surface area (Å²) in [5.41, 5.74) is 5.66. The number of nitrogens with one attached hydrogen (secondary N) is 6. The Kier molecular flexibility index (Phi) is 24.6. The van der Waals surface area contributed by atoms with E-state index in [9.17, 15) is 39.1 Å². The Morgan fingerprint density at radius 1 is 0.660 bits per heavy atom. The highest BCUT2D eigenvalue weighted by Crippen LogP contribution is 2.08. The summed E-state index contributed by atoms with van der Waals surface area (Å²) in [5.74, 6) is -4.23. The molecule has 6 unspecified atom stereocenters. The topological polar surface area (TPSA) is 244 Å². The molecule has 6 atom stereocenters. The van der Waals surface area contributed by atoms with Gasteiger partial charge in [0.05, 0.1) is 12.0 Å². The lowest BCUT2D eigenvalue weighted by Gasteiger charge is -2.26. The summed E-state index contributed by atoms with van der Waals surface area (Å²) in [4.78, 5) is 64.0. The second-order valence-electron chi connectivity index (χ2n) is 12.2. The van der Waals surface area contributed by atoms with Gasteiger partial charge in [-0.05, 0) is 53.1 Å². The van der Waals surface area contributed by atoms with E-state index in [0.717, 1.165) is 19.4 Å². The average molecular weight is 672 g/mol. The van der Waals surface area contributed by atoms with Crippen LogP contribution in [0.1, 0.15) is 112 Å². The maximum absolute atomic E-state index is 13.0. The zero-order valence-corrected chi connectivity index (χ0v) is 29.1. The number of aliphatic hydroxyl groups excluding tert-OH is 1. The molecule has 0 aliphatic heterocycles. The van der Waals surface area contributed by atoms with E-state index in [1.807, 2.05) is 0 Å². The van der Waals surface area contributed by atoms with Crippen LogP contribution in [0.5, 0.6) is 0 Å². The van der Waals surface area contributed by atoms with Crippen LogP contribution in [0.3, 0.4) is 0 Å². The minimum atomic E-state index is -1.79. The molecule has 0 saturated carbocycles. The lowest BCUT2D eigenvalue weighted by Crippen LogP contribution is -2.60. The van der Waals surface area contributed by atoms with Crippen LogP contribution in [0.25, 0.3) is 0 Å². The quantitative estimate of drug-likeness (QED) is 0.0382. The highest BCUT2D eigenvalue weighted by molar-refractivity contribution is 6.43. The molecule has 0 aliphatic carbocycles. The molecule has 0 bridgehead atoms. The number of unbranched alkanes of at least 4 members (excludes halogenated alkanes) is 7. The van der Waals surface area contributed by atoms with Crippen LogP contribution in [-0.4, -0.2) is 108 Å². The van der Waals surface area contributed by atoms with Gasteiger partial charge in [-0.1, -0.05) is 65.2 Å². The van der Waals surface area contributed by atoms with E-state index < -0.39 is 67.0 Å². The number of hydrogen-bond acceptors (Lipinski definition) is 10. The molecule has 0 heterocycles. The summed E-state index contributed by atoms with van der Waals surface area (Å²) in [7, 11) is -1.79. The summed E-state index contributed by atoms with van der Waals surface area (Å²) in [6.07, 6.45) is 9.39. The largest absolute Gasteiger partial charge is 0.475 e. The van der Waals surface area contributed by atoms with Crippen molar-refractivity contribution >= 4 is 36.7 Å². The minimum Gasteiger partial charge on any atom is -0.426 e. The first-order chi connectivity index (χ1) is 22.3. The molecule has 0 spiro atoms. The Bertz CT molecular complexity index is 928. The summed E-state index contributed by atoms with van der Waals surface area (Å²) < 4.78 is 0. The van der Waals surface area contributed by atoms with E-state index in [-0.39, 0.29) is 31.7 Å². The molecule has 272 valence electrons. The second-order valence-corrected chi connectivity index (χ2v) is 12.2. The number of rotatable bonds is 27. The molecule has 16 heteroatoms. The van der Waals surface area contributed by atoms with Crippen LogP contribution in [0.15, 0.2) is 0 Å². The van der Waals surface area contributed by atoms with Gasteiger partial charge in [-0.2, -0.15) is 0 Å². The third kappa shape index (κ3) is 20.2. The molecule has 5 amide bonds. The van der Waals surface area contributed by atoms with Crippen LogP contribution in [-0.2, 0) is 24.0 Å². The molecule has 0 aliphatic rings. The van der Waals surface area contributed by atoms with E-state index in [4.69, 9.17) is 5.73 Å². The van der Waals surface area contributed by atoms with E-state index in [1.54, 1.807) is 6.92 Å². The Labute approximate surface area is 280 Å². The highest BCUT2D eigenvalue weighted by atomic mass is 16.4. The average Bonchev–Trinajstić information content (AvgIpc) is 3.01. The van der Waals surface area contributed by atoms with Crippen molar-refractivity contribution < 1.29 is 39.1 Å². The van der Waals surface area contributed by atoms with E-state index in [0.29, 0.717) is 13.0 Å². The smallest absolute Gasteiger partial charge is 0.426 e. The first kappa shape index (κ1) is 44.2. The SMILES string of the molecule is CCCCCCCCCCNCCC(=O)NC(CCN)C(=O)NC(C(=O)NC(C)C(=O)NC(CCC)C(=O)NC(C)B(O)O)C(C)O.